The van der Waals surface area contributed by atoms with Crippen LogP contribution >= 0.6 is 11.6 Å². The van der Waals surface area contributed by atoms with Gasteiger partial charge in [0.25, 0.3) is 5.56 Å². The number of hydrogen-bond acceptors (Lipinski definition) is 7. The zero-order chi connectivity index (χ0) is 24.9. The van der Waals surface area contributed by atoms with Gasteiger partial charge in [-0.1, -0.05) is 41.9 Å². The number of halogens is 1. The van der Waals surface area contributed by atoms with Crippen LogP contribution in [-0.2, 0) is 6.61 Å². The summed E-state index contributed by atoms with van der Waals surface area (Å²) >= 11 is 6.16. The minimum Gasteiger partial charge on any atom is -0.490 e. The van der Waals surface area contributed by atoms with E-state index in [2.05, 4.69) is 10.1 Å². The molecule has 3 aromatic carbocycles. The van der Waals surface area contributed by atoms with Crippen LogP contribution in [0, 0.1) is 10.1 Å². The Bertz CT molecular complexity index is 1560. The number of benzene rings is 3. The second-order valence-electron chi connectivity index (χ2n) is 7.27. The second kappa shape index (κ2) is 10.2. The third-order valence-electron chi connectivity index (χ3n) is 4.99. The summed E-state index contributed by atoms with van der Waals surface area (Å²) in [5.74, 6) is 0.0320. The van der Waals surface area contributed by atoms with Crippen molar-refractivity contribution in [1.29, 1.82) is 0 Å². The van der Waals surface area contributed by atoms with Crippen molar-refractivity contribution in [2.75, 3.05) is 6.61 Å². The zero-order valence-corrected chi connectivity index (χ0v) is 19.2. The van der Waals surface area contributed by atoms with Gasteiger partial charge in [-0.15, -0.1) is 4.68 Å². The molecular formula is C24H19ClN4O6. The van der Waals surface area contributed by atoms with Crippen molar-refractivity contribution in [2.45, 2.75) is 13.5 Å². The molecule has 4 aromatic rings. The largest absolute Gasteiger partial charge is 0.490 e. The molecule has 1 aromatic heterocycles. The van der Waals surface area contributed by atoms with Gasteiger partial charge in [-0.3, -0.25) is 14.9 Å². The summed E-state index contributed by atoms with van der Waals surface area (Å²) in [6.45, 7) is 1.92. The fraction of sp³-hybridized carbons (Fsp3) is 0.125. The Hall–Kier alpha value is -4.44. The molecule has 11 heteroatoms. The lowest BCUT2D eigenvalue weighted by molar-refractivity contribution is -0.386. The van der Waals surface area contributed by atoms with Crippen molar-refractivity contribution < 1.29 is 14.4 Å². The number of fused-ring (bicyclic) bond motifs is 1. The molecule has 35 heavy (non-hydrogen) atoms. The van der Waals surface area contributed by atoms with Gasteiger partial charge in [0.2, 0.25) is 5.75 Å². The van der Waals surface area contributed by atoms with Crippen molar-refractivity contribution in [1.82, 2.24) is 9.66 Å². The second-order valence-corrected chi connectivity index (χ2v) is 7.68. The number of aromatic amines is 1. The Morgan fingerprint density at radius 3 is 2.60 bits per heavy atom. The molecule has 4 rings (SSSR count). The van der Waals surface area contributed by atoms with Gasteiger partial charge in [-0.05, 0) is 31.2 Å². The number of nitro groups is 1. The van der Waals surface area contributed by atoms with Gasteiger partial charge in [0.15, 0.2) is 5.75 Å². The Labute approximate surface area is 203 Å². The standard InChI is InChI=1S/C24H19ClN4O6/c1-2-34-21-12-15(13-26-28-23(30)17-8-4-6-10-19(17)27-24(28)31)11-20(29(32)33)22(21)35-14-16-7-3-5-9-18(16)25/h3-13H,2,14H2,1H3,(H,27,31). The number of ether oxygens (including phenoxy) is 2. The quantitative estimate of drug-likeness (QED) is 0.223. The molecule has 178 valence electrons. The molecule has 0 amide bonds. The average molecular weight is 495 g/mol. The highest BCUT2D eigenvalue weighted by atomic mass is 35.5. The maximum Gasteiger partial charge on any atom is 0.349 e. The molecule has 0 saturated heterocycles. The number of nitrogens with one attached hydrogen (secondary N) is 1. The minimum absolute atomic E-state index is 0.0180. The van der Waals surface area contributed by atoms with Gasteiger partial charge < -0.3 is 14.5 Å². The topological polar surface area (TPSA) is 129 Å². The number of rotatable bonds is 8. The van der Waals surface area contributed by atoms with Crippen LogP contribution in [0.5, 0.6) is 11.5 Å². The van der Waals surface area contributed by atoms with Crippen LogP contribution in [0.25, 0.3) is 10.9 Å². The van der Waals surface area contributed by atoms with Crippen LogP contribution in [0.3, 0.4) is 0 Å². The first-order valence-electron chi connectivity index (χ1n) is 10.5. The van der Waals surface area contributed by atoms with E-state index in [-0.39, 0.29) is 41.3 Å². The van der Waals surface area contributed by atoms with Gasteiger partial charge >= 0.3 is 11.4 Å². The first-order chi connectivity index (χ1) is 16.9. The summed E-state index contributed by atoms with van der Waals surface area (Å²) in [6.07, 6.45) is 1.17. The van der Waals surface area contributed by atoms with E-state index in [1.54, 1.807) is 55.5 Å². The lowest BCUT2D eigenvalue weighted by Crippen LogP contribution is -2.32. The molecule has 0 unspecified atom stereocenters. The third-order valence-corrected chi connectivity index (χ3v) is 5.36. The van der Waals surface area contributed by atoms with Crippen molar-refractivity contribution in [3.05, 3.63) is 108 Å². The Morgan fingerprint density at radius 1 is 1.11 bits per heavy atom. The lowest BCUT2D eigenvalue weighted by Gasteiger charge is -2.13. The number of hydrogen-bond donors (Lipinski definition) is 1. The van der Waals surface area contributed by atoms with Crippen LogP contribution < -0.4 is 20.7 Å². The van der Waals surface area contributed by atoms with E-state index in [0.717, 1.165) is 0 Å². The SMILES string of the molecule is CCOc1cc(C=Nn2c(=O)[nH]c3ccccc3c2=O)cc([N+](=O)[O-])c1OCc1ccccc1Cl. The van der Waals surface area contributed by atoms with Gasteiger partial charge in [0, 0.05) is 22.2 Å². The van der Waals surface area contributed by atoms with E-state index in [1.807, 2.05) is 0 Å². The normalized spacial score (nSPS) is 11.1. The van der Waals surface area contributed by atoms with Crippen LogP contribution in [-0.4, -0.2) is 27.4 Å². The van der Waals surface area contributed by atoms with Crippen LogP contribution in [0.2, 0.25) is 5.02 Å². The van der Waals surface area contributed by atoms with Crippen molar-refractivity contribution in [3.63, 3.8) is 0 Å². The number of H-pyrrole nitrogens is 1. The molecule has 0 bridgehead atoms. The first-order valence-corrected chi connectivity index (χ1v) is 10.9. The van der Waals surface area contributed by atoms with E-state index in [9.17, 15) is 19.7 Å². The maximum atomic E-state index is 12.7. The highest BCUT2D eigenvalue weighted by Crippen LogP contribution is 2.39. The summed E-state index contributed by atoms with van der Waals surface area (Å²) in [5, 5.41) is 16.5. The third kappa shape index (κ3) is 5.07. The van der Waals surface area contributed by atoms with Gasteiger partial charge in [0.1, 0.15) is 6.61 Å². The van der Waals surface area contributed by atoms with E-state index in [0.29, 0.717) is 20.8 Å². The van der Waals surface area contributed by atoms with Crippen molar-refractivity contribution in [3.8, 4) is 11.5 Å². The molecule has 0 aliphatic rings. The number of nitrogens with zero attached hydrogens (tertiary/aromatic N) is 3. The average Bonchev–Trinajstić information content (AvgIpc) is 2.84. The predicted octanol–water partition coefficient (Wildman–Crippen LogP) is 4.11. The maximum absolute atomic E-state index is 12.7. The molecule has 0 atom stereocenters. The fourth-order valence-electron chi connectivity index (χ4n) is 3.37. The van der Waals surface area contributed by atoms with Gasteiger partial charge in [-0.25, -0.2) is 4.79 Å². The highest BCUT2D eigenvalue weighted by Gasteiger charge is 2.23. The Morgan fingerprint density at radius 2 is 1.86 bits per heavy atom. The molecule has 0 aliphatic heterocycles. The highest BCUT2D eigenvalue weighted by molar-refractivity contribution is 6.31. The van der Waals surface area contributed by atoms with Crippen molar-refractivity contribution >= 4 is 34.4 Å². The number of nitro benzene ring substituents is 1. The monoisotopic (exact) mass is 494 g/mol. The van der Waals surface area contributed by atoms with E-state index < -0.39 is 16.2 Å². The van der Waals surface area contributed by atoms with Crippen LogP contribution in [0.15, 0.2) is 75.4 Å². The molecular weight excluding hydrogens is 476 g/mol. The van der Waals surface area contributed by atoms with Gasteiger partial charge in [0.05, 0.1) is 28.6 Å². The molecule has 1 N–H and O–H groups in total. The minimum atomic E-state index is -0.746. The smallest absolute Gasteiger partial charge is 0.349 e. The molecule has 1 heterocycles. The Balaban J connectivity index is 1.74. The number of aromatic nitrogens is 2. The fourth-order valence-corrected chi connectivity index (χ4v) is 3.56. The summed E-state index contributed by atoms with van der Waals surface area (Å²) in [6, 6.07) is 16.2. The predicted molar refractivity (Wildman–Crippen MR) is 132 cm³/mol. The summed E-state index contributed by atoms with van der Waals surface area (Å²) in [7, 11) is 0. The summed E-state index contributed by atoms with van der Waals surface area (Å²) < 4.78 is 12.0. The molecule has 10 nitrogen and oxygen atoms in total. The van der Waals surface area contributed by atoms with Crippen molar-refractivity contribution in [2.24, 2.45) is 5.10 Å². The molecule has 0 fully saturated rings. The molecule has 0 spiro atoms. The van der Waals surface area contributed by atoms with E-state index in [1.165, 1.54) is 18.3 Å². The molecule has 0 radical (unpaired) electrons. The van der Waals surface area contributed by atoms with E-state index >= 15 is 0 Å². The van der Waals surface area contributed by atoms with E-state index in [4.69, 9.17) is 21.1 Å². The lowest BCUT2D eigenvalue weighted by atomic mass is 10.1. The zero-order valence-electron chi connectivity index (χ0n) is 18.4. The number of para-hydroxylation sites is 1. The van der Waals surface area contributed by atoms with Crippen LogP contribution in [0.4, 0.5) is 5.69 Å². The van der Waals surface area contributed by atoms with Crippen LogP contribution in [0.1, 0.15) is 18.1 Å². The molecule has 0 aliphatic carbocycles. The summed E-state index contributed by atoms with van der Waals surface area (Å²) in [4.78, 5) is 38.8. The van der Waals surface area contributed by atoms with Gasteiger partial charge in [-0.2, -0.15) is 5.10 Å². The Kier molecular flexibility index (Phi) is 6.93. The first kappa shape index (κ1) is 23.7. The summed E-state index contributed by atoms with van der Waals surface area (Å²) in [5.41, 5.74) is -0.493. The molecule has 0 saturated carbocycles.